The lowest BCUT2D eigenvalue weighted by Gasteiger charge is -2.16. The highest BCUT2D eigenvalue weighted by Gasteiger charge is 2.41. The van der Waals surface area contributed by atoms with E-state index < -0.39 is 11.9 Å². The van der Waals surface area contributed by atoms with Crippen LogP contribution in [-0.4, -0.2) is 42.3 Å². The number of aliphatic hydroxyl groups is 1. The average molecular weight is 204 g/mol. The molecule has 0 radical (unpaired) electrons. The average Bonchev–Trinajstić information content (AvgIpc) is 2.37. The Morgan fingerprint density at radius 2 is 2.00 bits per heavy atom. The van der Waals surface area contributed by atoms with Gasteiger partial charge in [0.15, 0.2) is 5.79 Å². The monoisotopic (exact) mass is 204 g/mol. The van der Waals surface area contributed by atoms with Gasteiger partial charge in [-0.1, -0.05) is 0 Å². The molecule has 0 spiro atoms. The summed E-state index contributed by atoms with van der Waals surface area (Å²) in [5, 5.41) is 8.99. The summed E-state index contributed by atoms with van der Waals surface area (Å²) in [5.41, 5.74) is 0. The van der Waals surface area contributed by atoms with Crippen LogP contribution in [0.15, 0.2) is 0 Å². The van der Waals surface area contributed by atoms with Gasteiger partial charge in [-0.05, 0) is 13.8 Å². The van der Waals surface area contributed by atoms with E-state index in [1.165, 1.54) is 6.92 Å². The van der Waals surface area contributed by atoms with Crippen molar-refractivity contribution in [2.24, 2.45) is 0 Å². The molecule has 0 saturated carbocycles. The van der Waals surface area contributed by atoms with Crippen molar-refractivity contribution < 1.29 is 24.1 Å². The summed E-state index contributed by atoms with van der Waals surface area (Å²) in [4.78, 5) is 10.6. The summed E-state index contributed by atoms with van der Waals surface area (Å²) in [6.45, 7) is 4.81. The number of aliphatic hydroxyl groups excluding tert-OH is 1. The Hall–Kier alpha value is -0.650. The highest BCUT2D eigenvalue weighted by Crippen LogP contribution is 2.27. The molecule has 0 aliphatic carbocycles. The Morgan fingerprint density at radius 1 is 1.43 bits per heavy atom. The van der Waals surface area contributed by atoms with Crippen LogP contribution in [0, 0.1) is 0 Å². The van der Waals surface area contributed by atoms with Crippen molar-refractivity contribution in [1.82, 2.24) is 0 Å². The van der Waals surface area contributed by atoms with Crippen molar-refractivity contribution in [2.75, 3.05) is 13.2 Å². The maximum absolute atomic E-state index is 10.6. The molecular weight excluding hydrogens is 188 g/mol. The van der Waals surface area contributed by atoms with Gasteiger partial charge in [-0.3, -0.25) is 4.79 Å². The van der Waals surface area contributed by atoms with E-state index in [1.54, 1.807) is 13.8 Å². The SMILES string of the molecule is CC(=O)OC[C@H]1OC(C)(C)O[C@@H]1CO. The highest BCUT2D eigenvalue weighted by atomic mass is 16.8. The zero-order valence-corrected chi connectivity index (χ0v) is 8.65. The molecule has 5 nitrogen and oxygen atoms in total. The smallest absolute Gasteiger partial charge is 0.302 e. The van der Waals surface area contributed by atoms with Crippen molar-refractivity contribution in [3.05, 3.63) is 0 Å². The van der Waals surface area contributed by atoms with Crippen LogP contribution >= 0.6 is 0 Å². The first-order chi connectivity index (χ1) is 6.44. The van der Waals surface area contributed by atoms with Crippen LogP contribution in [0.5, 0.6) is 0 Å². The summed E-state index contributed by atoms with van der Waals surface area (Å²) >= 11 is 0. The van der Waals surface area contributed by atoms with E-state index in [0.29, 0.717) is 0 Å². The standard InChI is InChI=1S/C9H16O5/c1-6(11)12-5-8-7(4-10)13-9(2,3)14-8/h7-8,10H,4-5H2,1-3H3/t7-,8-/m1/s1. The molecule has 1 fully saturated rings. The molecule has 0 bridgehead atoms. The molecular formula is C9H16O5. The van der Waals surface area contributed by atoms with E-state index in [9.17, 15) is 4.79 Å². The first kappa shape index (κ1) is 11.4. The second-order valence-corrected chi connectivity index (χ2v) is 3.70. The summed E-state index contributed by atoms with van der Waals surface area (Å²) in [5.74, 6) is -1.09. The van der Waals surface area contributed by atoms with E-state index in [2.05, 4.69) is 0 Å². The molecule has 0 aromatic heterocycles. The molecule has 82 valence electrons. The van der Waals surface area contributed by atoms with Crippen molar-refractivity contribution in [2.45, 2.75) is 38.8 Å². The third kappa shape index (κ3) is 2.94. The zero-order valence-electron chi connectivity index (χ0n) is 8.65. The van der Waals surface area contributed by atoms with Crippen LogP contribution in [-0.2, 0) is 19.0 Å². The van der Waals surface area contributed by atoms with Gasteiger partial charge in [-0.2, -0.15) is 0 Å². The van der Waals surface area contributed by atoms with Crippen LogP contribution in [0.3, 0.4) is 0 Å². The van der Waals surface area contributed by atoms with Gasteiger partial charge in [0.25, 0.3) is 0 Å². The summed E-state index contributed by atoms with van der Waals surface area (Å²) in [6.07, 6.45) is -0.816. The first-order valence-corrected chi connectivity index (χ1v) is 4.54. The molecule has 1 aliphatic heterocycles. The Bertz CT molecular complexity index is 213. The van der Waals surface area contributed by atoms with E-state index >= 15 is 0 Å². The Balaban J connectivity index is 2.47. The van der Waals surface area contributed by atoms with Crippen molar-refractivity contribution >= 4 is 5.97 Å². The number of carbonyl (C=O) groups is 1. The van der Waals surface area contributed by atoms with Gasteiger partial charge < -0.3 is 19.3 Å². The molecule has 5 heteroatoms. The highest BCUT2D eigenvalue weighted by molar-refractivity contribution is 5.65. The fourth-order valence-electron chi connectivity index (χ4n) is 1.40. The lowest BCUT2D eigenvalue weighted by molar-refractivity contribution is -0.159. The van der Waals surface area contributed by atoms with Gasteiger partial charge >= 0.3 is 5.97 Å². The van der Waals surface area contributed by atoms with Gasteiger partial charge in [0.2, 0.25) is 0 Å². The Morgan fingerprint density at radius 3 is 2.50 bits per heavy atom. The number of hydrogen-bond donors (Lipinski definition) is 1. The fourth-order valence-corrected chi connectivity index (χ4v) is 1.40. The normalized spacial score (nSPS) is 30.3. The molecule has 1 N–H and O–H groups in total. The van der Waals surface area contributed by atoms with E-state index in [1.807, 2.05) is 0 Å². The molecule has 14 heavy (non-hydrogen) atoms. The van der Waals surface area contributed by atoms with Gasteiger partial charge in [-0.15, -0.1) is 0 Å². The topological polar surface area (TPSA) is 65.0 Å². The minimum atomic E-state index is -0.724. The van der Waals surface area contributed by atoms with Gasteiger partial charge in [0, 0.05) is 6.92 Å². The van der Waals surface area contributed by atoms with E-state index in [4.69, 9.17) is 19.3 Å². The van der Waals surface area contributed by atoms with Gasteiger partial charge in [0.1, 0.15) is 18.8 Å². The molecule has 1 heterocycles. The Labute approximate surface area is 82.9 Å². The van der Waals surface area contributed by atoms with Crippen LogP contribution in [0.1, 0.15) is 20.8 Å². The molecule has 0 unspecified atom stereocenters. The van der Waals surface area contributed by atoms with Gasteiger partial charge in [0.05, 0.1) is 6.61 Å². The number of hydrogen-bond acceptors (Lipinski definition) is 5. The quantitative estimate of drug-likeness (QED) is 0.659. The number of esters is 1. The third-order valence-electron chi connectivity index (χ3n) is 1.92. The second-order valence-electron chi connectivity index (χ2n) is 3.70. The van der Waals surface area contributed by atoms with Gasteiger partial charge in [-0.25, -0.2) is 0 Å². The van der Waals surface area contributed by atoms with Crippen LogP contribution in [0.4, 0.5) is 0 Å². The molecule has 1 rings (SSSR count). The predicted molar refractivity (Wildman–Crippen MR) is 47.5 cm³/mol. The zero-order chi connectivity index (χ0) is 10.8. The minimum Gasteiger partial charge on any atom is -0.463 e. The molecule has 1 saturated heterocycles. The van der Waals surface area contributed by atoms with Crippen LogP contribution in [0.2, 0.25) is 0 Å². The van der Waals surface area contributed by atoms with Crippen LogP contribution in [0.25, 0.3) is 0 Å². The summed E-state index contributed by atoms with van der Waals surface area (Å²) in [6, 6.07) is 0. The van der Waals surface area contributed by atoms with E-state index in [-0.39, 0.29) is 25.3 Å². The lowest BCUT2D eigenvalue weighted by atomic mass is 10.2. The lowest BCUT2D eigenvalue weighted by Crippen LogP contribution is -2.31. The molecule has 0 amide bonds. The van der Waals surface area contributed by atoms with Crippen LogP contribution < -0.4 is 0 Å². The maximum atomic E-state index is 10.6. The summed E-state index contributed by atoms with van der Waals surface area (Å²) < 4.78 is 15.6. The maximum Gasteiger partial charge on any atom is 0.302 e. The minimum absolute atomic E-state index is 0.115. The number of rotatable bonds is 3. The predicted octanol–water partition coefficient (Wildman–Crippen LogP) is 0.0619. The van der Waals surface area contributed by atoms with Crippen molar-refractivity contribution in [1.29, 1.82) is 0 Å². The largest absolute Gasteiger partial charge is 0.463 e. The molecule has 1 aliphatic rings. The fraction of sp³-hybridized carbons (Fsp3) is 0.889. The first-order valence-electron chi connectivity index (χ1n) is 4.54. The van der Waals surface area contributed by atoms with E-state index in [0.717, 1.165) is 0 Å². The number of ether oxygens (including phenoxy) is 3. The molecule has 0 aromatic rings. The van der Waals surface area contributed by atoms with Crippen molar-refractivity contribution in [3.63, 3.8) is 0 Å². The molecule has 2 atom stereocenters. The molecule has 0 aromatic carbocycles. The third-order valence-corrected chi connectivity index (χ3v) is 1.92. The Kier molecular flexibility index (Phi) is 3.47. The summed E-state index contributed by atoms with van der Waals surface area (Å²) in [7, 11) is 0. The number of carbonyl (C=O) groups excluding carboxylic acids is 1. The second kappa shape index (κ2) is 4.25. The van der Waals surface area contributed by atoms with Crippen molar-refractivity contribution in [3.8, 4) is 0 Å².